The maximum Gasteiger partial charge on any atom is 0.310 e. The average molecular weight is 334 g/mol. The summed E-state index contributed by atoms with van der Waals surface area (Å²) in [5.41, 5.74) is 1.66. The predicted octanol–water partition coefficient (Wildman–Crippen LogP) is 2.91. The Bertz CT molecular complexity index is 446. The first-order valence-corrected chi connectivity index (χ1v) is 6.90. The Balaban J connectivity index is 2.80. The third kappa shape index (κ3) is 4.78. The van der Waals surface area contributed by atoms with Crippen molar-refractivity contribution in [3.63, 3.8) is 0 Å². The Hall–Kier alpha value is -0.870. The summed E-state index contributed by atoms with van der Waals surface area (Å²) >= 11 is 8.84. The van der Waals surface area contributed by atoms with Crippen molar-refractivity contribution in [1.29, 1.82) is 0 Å². The van der Waals surface area contributed by atoms with E-state index >= 15 is 0 Å². The van der Waals surface area contributed by atoms with Gasteiger partial charge in [-0.25, -0.2) is 0 Å². The average Bonchev–Trinajstić information content (AvgIpc) is 2.33. The van der Waals surface area contributed by atoms with Gasteiger partial charge in [0.1, 0.15) is 0 Å². The van der Waals surface area contributed by atoms with Crippen molar-refractivity contribution in [2.24, 2.45) is 0 Å². The predicted molar refractivity (Wildman–Crippen MR) is 73.9 cm³/mol. The number of alkyl halides is 1. The fraction of sp³-hybridized carbons (Fsp3) is 0.385. The number of esters is 1. The lowest BCUT2D eigenvalue weighted by molar-refractivity contribution is -0.142. The number of ether oxygens (including phenoxy) is 1. The molecule has 0 radical (unpaired) electrons. The van der Waals surface area contributed by atoms with Gasteiger partial charge in [-0.3, -0.25) is 9.59 Å². The van der Waals surface area contributed by atoms with Crippen LogP contribution in [0, 0.1) is 0 Å². The summed E-state index contributed by atoms with van der Waals surface area (Å²) in [5.74, 6) is -0.316. The zero-order valence-corrected chi connectivity index (χ0v) is 12.4. The van der Waals surface area contributed by atoms with E-state index in [0.717, 1.165) is 15.6 Å². The van der Waals surface area contributed by atoms with Gasteiger partial charge in [0.2, 0.25) is 0 Å². The molecule has 0 bridgehead atoms. The molecule has 0 aromatic heterocycles. The maximum absolute atomic E-state index is 11.4. The first kappa shape index (κ1) is 15.2. The Morgan fingerprint density at radius 1 is 1.33 bits per heavy atom. The van der Waals surface area contributed by atoms with Crippen molar-refractivity contribution in [3.05, 3.63) is 33.8 Å². The smallest absolute Gasteiger partial charge is 0.310 e. The van der Waals surface area contributed by atoms with E-state index in [-0.39, 0.29) is 30.5 Å². The number of hydrogen-bond acceptors (Lipinski definition) is 3. The molecule has 1 aromatic rings. The van der Waals surface area contributed by atoms with Crippen LogP contribution in [-0.2, 0) is 27.2 Å². The molecule has 98 valence electrons. The van der Waals surface area contributed by atoms with Crippen molar-refractivity contribution in [2.45, 2.75) is 19.8 Å². The van der Waals surface area contributed by atoms with Crippen molar-refractivity contribution < 1.29 is 14.3 Å². The van der Waals surface area contributed by atoms with Gasteiger partial charge in [-0.15, -0.1) is 11.6 Å². The third-order valence-electron chi connectivity index (χ3n) is 2.30. The Morgan fingerprint density at radius 2 is 2.06 bits per heavy atom. The third-order valence-corrected chi connectivity index (χ3v) is 3.37. The highest BCUT2D eigenvalue weighted by Gasteiger charge is 2.10. The van der Waals surface area contributed by atoms with Crippen LogP contribution in [0.4, 0.5) is 0 Å². The van der Waals surface area contributed by atoms with Crippen molar-refractivity contribution in [3.8, 4) is 0 Å². The molecule has 0 saturated heterocycles. The minimum absolute atomic E-state index is 0.00325. The molecule has 0 aliphatic heterocycles. The summed E-state index contributed by atoms with van der Waals surface area (Å²) in [6.07, 6.45) is 0.476. The van der Waals surface area contributed by atoms with E-state index in [1.807, 2.05) is 18.2 Å². The summed E-state index contributed by atoms with van der Waals surface area (Å²) in [7, 11) is 0. The van der Waals surface area contributed by atoms with Crippen LogP contribution in [0.2, 0.25) is 0 Å². The second kappa shape index (κ2) is 7.54. The molecule has 0 amide bonds. The summed E-state index contributed by atoms with van der Waals surface area (Å²) < 4.78 is 5.73. The number of carbonyl (C=O) groups excluding carboxylic acids is 2. The van der Waals surface area contributed by atoms with Gasteiger partial charge in [-0.2, -0.15) is 0 Å². The molecule has 1 aromatic carbocycles. The largest absolute Gasteiger partial charge is 0.466 e. The molecule has 0 N–H and O–H groups in total. The van der Waals surface area contributed by atoms with Crippen LogP contribution in [0.25, 0.3) is 0 Å². The van der Waals surface area contributed by atoms with Gasteiger partial charge in [0, 0.05) is 10.9 Å². The fourth-order valence-electron chi connectivity index (χ4n) is 1.52. The summed E-state index contributed by atoms with van der Waals surface area (Å²) in [6, 6.07) is 5.49. The second-order valence-corrected chi connectivity index (χ2v) is 4.88. The molecule has 18 heavy (non-hydrogen) atoms. The number of Topliss-reactive ketones (excluding diaryl/α,β-unsaturated/α-hetero) is 1. The molecule has 0 aliphatic rings. The molecule has 0 heterocycles. The monoisotopic (exact) mass is 332 g/mol. The summed E-state index contributed by atoms with van der Waals surface area (Å²) in [6.45, 7) is 2.13. The van der Waals surface area contributed by atoms with Crippen LogP contribution < -0.4 is 0 Å². The van der Waals surface area contributed by atoms with Gasteiger partial charge < -0.3 is 4.74 Å². The molecule has 5 heteroatoms. The van der Waals surface area contributed by atoms with E-state index in [1.54, 1.807) is 6.92 Å². The fourth-order valence-corrected chi connectivity index (χ4v) is 2.00. The SMILES string of the molecule is CCOC(=O)Cc1cc(CC(=O)CCl)ccc1Br. The number of carbonyl (C=O) groups is 2. The lowest BCUT2D eigenvalue weighted by Crippen LogP contribution is -2.09. The van der Waals surface area contributed by atoms with Gasteiger partial charge >= 0.3 is 5.97 Å². The van der Waals surface area contributed by atoms with Crippen LogP contribution in [-0.4, -0.2) is 24.2 Å². The first-order chi connectivity index (χ1) is 8.56. The first-order valence-electron chi connectivity index (χ1n) is 5.57. The lowest BCUT2D eigenvalue weighted by atomic mass is 10.0. The zero-order chi connectivity index (χ0) is 13.5. The highest BCUT2D eigenvalue weighted by molar-refractivity contribution is 9.10. The topological polar surface area (TPSA) is 43.4 Å². The number of halogens is 2. The molecule has 1 rings (SSSR count). The molecule has 0 aliphatic carbocycles. The lowest BCUT2D eigenvalue weighted by Gasteiger charge is -2.07. The van der Waals surface area contributed by atoms with Crippen LogP contribution >= 0.6 is 27.5 Å². The van der Waals surface area contributed by atoms with Crippen LogP contribution in [0.1, 0.15) is 18.1 Å². The van der Waals surface area contributed by atoms with Gasteiger partial charge in [0.05, 0.1) is 18.9 Å². The second-order valence-electron chi connectivity index (χ2n) is 3.76. The Morgan fingerprint density at radius 3 is 2.67 bits per heavy atom. The summed E-state index contributed by atoms with van der Waals surface area (Å²) in [4.78, 5) is 22.7. The number of ketones is 1. The van der Waals surface area contributed by atoms with E-state index < -0.39 is 0 Å². The molecule has 3 nitrogen and oxygen atoms in total. The quantitative estimate of drug-likeness (QED) is 0.594. The Kier molecular flexibility index (Phi) is 6.36. The zero-order valence-electron chi connectivity index (χ0n) is 10.0. The van der Waals surface area contributed by atoms with E-state index in [4.69, 9.17) is 16.3 Å². The van der Waals surface area contributed by atoms with Gasteiger partial charge in [0.25, 0.3) is 0 Å². The van der Waals surface area contributed by atoms with Crippen LogP contribution in [0.3, 0.4) is 0 Å². The number of rotatable bonds is 6. The van der Waals surface area contributed by atoms with E-state index in [1.165, 1.54) is 0 Å². The number of hydrogen-bond donors (Lipinski definition) is 0. The molecule has 0 atom stereocenters. The number of benzene rings is 1. The maximum atomic E-state index is 11.4. The molecular formula is C13H14BrClO3. The van der Waals surface area contributed by atoms with Crippen LogP contribution in [0.5, 0.6) is 0 Å². The molecule has 0 spiro atoms. The van der Waals surface area contributed by atoms with E-state index in [0.29, 0.717) is 6.61 Å². The van der Waals surface area contributed by atoms with Crippen molar-refractivity contribution >= 4 is 39.3 Å². The minimum Gasteiger partial charge on any atom is -0.466 e. The van der Waals surface area contributed by atoms with Gasteiger partial charge in [-0.1, -0.05) is 28.1 Å². The standard InChI is InChI=1S/C13H14BrClO3/c1-2-18-13(17)7-10-5-9(3-4-12(10)14)6-11(16)8-15/h3-5H,2,6-8H2,1H3. The molecule has 0 saturated carbocycles. The highest BCUT2D eigenvalue weighted by Crippen LogP contribution is 2.20. The minimum atomic E-state index is -0.279. The normalized spacial score (nSPS) is 10.2. The molecular weight excluding hydrogens is 319 g/mol. The van der Waals surface area contributed by atoms with E-state index in [9.17, 15) is 9.59 Å². The Labute approximate surface area is 120 Å². The van der Waals surface area contributed by atoms with Crippen molar-refractivity contribution in [2.75, 3.05) is 12.5 Å². The van der Waals surface area contributed by atoms with Gasteiger partial charge in [-0.05, 0) is 24.1 Å². The summed E-state index contributed by atoms with van der Waals surface area (Å²) in [5, 5.41) is 0. The highest BCUT2D eigenvalue weighted by atomic mass is 79.9. The van der Waals surface area contributed by atoms with Crippen molar-refractivity contribution in [1.82, 2.24) is 0 Å². The molecule has 0 unspecified atom stereocenters. The molecule has 0 fully saturated rings. The van der Waals surface area contributed by atoms with Gasteiger partial charge in [0.15, 0.2) is 5.78 Å². The van der Waals surface area contributed by atoms with E-state index in [2.05, 4.69) is 15.9 Å². The van der Waals surface area contributed by atoms with Crippen LogP contribution in [0.15, 0.2) is 22.7 Å².